The Labute approximate surface area is 166 Å². The molecule has 0 bridgehead atoms. The zero-order valence-electron chi connectivity index (χ0n) is 16.0. The van der Waals surface area contributed by atoms with Gasteiger partial charge in [-0.2, -0.15) is 0 Å². The van der Waals surface area contributed by atoms with E-state index in [0.717, 1.165) is 31.4 Å². The molecular weight excluding hydrogens is 384 g/mol. The number of benzene rings is 1. The molecule has 7 nitrogen and oxygen atoms in total. The molecule has 4 fully saturated rings. The first-order valence-electron chi connectivity index (χ1n) is 10.0. The van der Waals surface area contributed by atoms with Crippen LogP contribution in [-0.4, -0.2) is 57.5 Å². The normalized spacial score (nSPS) is 25.3. The second-order valence-electron chi connectivity index (χ2n) is 8.60. The van der Waals surface area contributed by atoms with E-state index >= 15 is 0 Å². The van der Waals surface area contributed by atoms with Crippen molar-refractivity contribution < 1.29 is 27.8 Å². The molecule has 1 aliphatic carbocycles. The molecular formula is C20H23F2N3O4. The minimum atomic E-state index is -0.704. The molecule has 3 heterocycles. The molecule has 3 aliphatic heterocycles. The lowest BCUT2D eigenvalue weighted by Gasteiger charge is -2.56. The number of hydrogen-bond donors (Lipinski definition) is 1. The zero-order valence-corrected chi connectivity index (χ0v) is 16.0. The fourth-order valence-corrected chi connectivity index (χ4v) is 4.37. The highest BCUT2D eigenvalue weighted by molar-refractivity contribution is 5.90. The van der Waals surface area contributed by atoms with E-state index in [4.69, 9.17) is 9.47 Å². The molecule has 9 heteroatoms. The lowest BCUT2D eigenvalue weighted by molar-refractivity contribution is -0.127. The van der Waals surface area contributed by atoms with Gasteiger partial charge in [0.25, 0.3) is 0 Å². The van der Waals surface area contributed by atoms with Crippen molar-refractivity contribution in [2.45, 2.75) is 25.4 Å². The summed E-state index contributed by atoms with van der Waals surface area (Å²) in [6.07, 6.45) is 1.61. The van der Waals surface area contributed by atoms with Crippen LogP contribution in [0.5, 0.6) is 0 Å². The van der Waals surface area contributed by atoms with Crippen LogP contribution in [0.25, 0.3) is 0 Å². The molecule has 1 N–H and O–H groups in total. The molecule has 1 atom stereocenters. The van der Waals surface area contributed by atoms with Crippen LogP contribution in [0, 0.1) is 23.0 Å². The van der Waals surface area contributed by atoms with E-state index in [1.165, 1.54) is 4.90 Å². The van der Waals surface area contributed by atoms with Crippen molar-refractivity contribution in [3.8, 4) is 0 Å². The highest BCUT2D eigenvalue weighted by atomic mass is 19.1. The highest BCUT2D eigenvalue weighted by Crippen LogP contribution is 2.42. The predicted molar refractivity (Wildman–Crippen MR) is 99.8 cm³/mol. The molecule has 5 rings (SSSR count). The lowest BCUT2D eigenvalue weighted by atomic mass is 9.77. The fourth-order valence-electron chi connectivity index (χ4n) is 4.37. The average Bonchev–Trinajstić information content (AvgIpc) is 2.91. The molecule has 1 spiro atoms. The van der Waals surface area contributed by atoms with Crippen molar-refractivity contribution in [3.05, 3.63) is 23.8 Å². The van der Waals surface area contributed by atoms with E-state index in [1.807, 2.05) is 0 Å². The van der Waals surface area contributed by atoms with Crippen molar-refractivity contribution in [3.63, 3.8) is 0 Å². The quantitative estimate of drug-likeness (QED) is 0.809. The molecule has 0 aromatic heterocycles. The number of nitrogens with zero attached hydrogens (tertiary/aromatic N) is 2. The Morgan fingerprint density at radius 1 is 1.21 bits per heavy atom. The maximum absolute atomic E-state index is 14.7. The number of amides is 2. The van der Waals surface area contributed by atoms with Crippen LogP contribution in [-0.2, 0) is 14.3 Å². The van der Waals surface area contributed by atoms with Crippen LogP contribution >= 0.6 is 0 Å². The van der Waals surface area contributed by atoms with Gasteiger partial charge in [0.2, 0.25) is 5.91 Å². The number of cyclic esters (lactones) is 1. The van der Waals surface area contributed by atoms with Crippen LogP contribution < -0.4 is 15.1 Å². The van der Waals surface area contributed by atoms with Gasteiger partial charge in [-0.15, -0.1) is 0 Å². The van der Waals surface area contributed by atoms with E-state index in [0.29, 0.717) is 26.3 Å². The van der Waals surface area contributed by atoms with Gasteiger partial charge in [-0.05, 0) is 12.8 Å². The van der Waals surface area contributed by atoms with Crippen molar-refractivity contribution in [2.24, 2.45) is 11.3 Å². The summed E-state index contributed by atoms with van der Waals surface area (Å²) < 4.78 is 39.8. The third-order valence-corrected chi connectivity index (χ3v) is 6.35. The van der Waals surface area contributed by atoms with Crippen molar-refractivity contribution in [1.29, 1.82) is 0 Å². The van der Waals surface area contributed by atoms with Crippen LogP contribution in [0.4, 0.5) is 25.0 Å². The molecule has 1 saturated carbocycles. The minimum Gasteiger partial charge on any atom is -0.442 e. The molecule has 0 radical (unpaired) electrons. The summed E-state index contributed by atoms with van der Waals surface area (Å²) in [7, 11) is 0. The zero-order chi connectivity index (χ0) is 20.2. The Bertz CT molecular complexity index is 825. The number of rotatable bonds is 5. The second-order valence-corrected chi connectivity index (χ2v) is 8.60. The van der Waals surface area contributed by atoms with Crippen LogP contribution in [0.2, 0.25) is 0 Å². The lowest BCUT2D eigenvalue weighted by Crippen LogP contribution is -2.66. The molecule has 1 aromatic rings. The first-order chi connectivity index (χ1) is 13.9. The number of halogens is 2. The largest absolute Gasteiger partial charge is 0.442 e. The van der Waals surface area contributed by atoms with Crippen LogP contribution in [0.3, 0.4) is 0 Å². The van der Waals surface area contributed by atoms with E-state index in [1.54, 1.807) is 4.90 Å². The first-order valence-corrected chi connectivity index (χ1v) is 10.0. The van der Waals surface area contributed by atoms with Crippen molar-refractivity contribution in [1.82, 2.24) is 5.32 Å². The second kappa shape index (κ2) is 6.83. The number of nitrogens with one attached hydrogen (secondary N) is 1. The van der Waals surface area contributed by atoms with E-state index in [-0.39, 0.29) is 41.7 Å². The summed E-state index contributed by atoms with van der Waals surface area (Å²) in [5, 5.41) is 2.79. The Morgan fingerprint density at radius 2 is 1.90 bits per heavy atom. The van der Waals surface area contributed by atoms with Gasteiger partial charge in [-0.3, -0.25) is 9.69 Å². The van der Waals surface area contributed by atoms with Gasteiger partial charge in [0.05, 0.1) is 37.4 Å². The van der Waals surface area contributed by atoms with Crippen molar-refractivity contribution in [2.75, 3.05) is 49.2 Å². The van der Waals surface area contributed by atoms with Crippen LogP contribution in [0.15, 0.2) is 12.1 Å². The van der Waals surface area contributed by atoms with E-state index in [2.05, 4.69) is 5.32 Å². The topological polar surface area (TPSA) is 71.1 Å². The Morgan fingerprint density at radius 3 is 2.45 bits per heavy atom. The Kier molecular flexibility index (Phi) is 4.38. The maximum atomic E-state index is 14.7. The van der Waals surface area contributed by atoms with E-state index in [9.17, 15) is 18.4 Å². The van der Waals surface area contributed by atoms with Crippen molar-refractivity contribution >= 4 is 23.4 Å². The van der Waals surface area contributed by atoms with Gasteiger partial charge in [0, 0.05) is 31.1 Å². The fraction of sp³-hybridized carbons (Fsp3) is 0.600. The minimum absolute atomic E-state index is 0.0311. The molecule has 29 heavy (non-hydrogen) atoms. The van der Waals surface area contributed by atoms with Crippen LogP contribution in [0.1, 0.15) is 19.3 Å². The summed E-state index contributed by atoms with van der Waals surface area (Å²) in [6, 6.07) is 2.33. The first kappa shape index (κ1) is 18.6. The average molecular weight is 407 g/mol. The predicted octanol–water partition coefficient (Wildman–Crippen LogP) is 2.04. The van der Waals surface area contributed by atoms with E-state index < -0.39 is 23.8 Å². The van der Waals surface area contributed by atoms with Gasteiger partial charge < -0.3 is 19.7 Å². The summed E-state index contributed by atoms with van der Waals surface area (Å²) in [5.74, 6) is -1.39. The maximum Gasteiger partial charge on any atom is 0.414 e. The van der Waals surface area contributed by atoms with Gasteiger partial charge in [0.1, 0.15) is 11.8 Å². The molecule has 3 saturated heterocycles. The summed E-state index contributed by atoms with van der Waals surface area (Å²) in [5.41, 5.74) is 0.0833. The monoisotopic (exact) mass is 407 g/mol. The molecule has 4 aliphatic rings. The number of carbonyl (C=O) groups excluding carboxylic acids is 2. The van der Waals surface area contributed by atoms with Gasteiger partial charge in [0.15, 0.2) is 11.6 Å². The third-order valence-electron chi connectivity index (χ3n) is 6.35. The molecule has 156 valence electrons. The standard InChI is InChI=1S/C20H23F2N3O4/c21-15-4-13(5-16(22)17(15)24-8-20(9-24)10-28-11-20)25-7-14(29-19(25)27)6-23-18(26)12-2-1-3-12/h4-5,12,14H,1-3,6-11H2,(H,23,26)/t14-/m0/s1. The molecule has 2 amide bonds. The summed E-state index contributed by atoms with van der Waals surface area (Å²) in [4.78, 5) is 27.0. The third kappa shape index (κ3) is 3.21. The molecule has 0 unspecified atom stereocenters. The number of hydrogen-bond acceptors (Lipinski definition) is 5. The van der Waals surface area contributed by atoms with Gasteiger partial charge in [-0.1, -0.05) is 6.42 Å². The smallest absolute Gasteiger partial charge is 0.414 e. The molecule has 1 aromatic carbocycles. The van der Waals surface area contributed by atoms with Gasteiger partial charge >= 0.3 is 6.09 Å². The summed E-state index contributed by atoms with van der Waals surface area (Å²) in [6.45, 7) is 2.71. The Balaban J connectivity index is 1.23. The van der Waals surface area contributed by atoms with Gasteiger partial charge in [-0.25, -0.2) is 13.6 Å². The number of ether oxygens (including phenoxy) is 2. The number of carbonyl (C=O) groups is 2. The highest BCUT2D eigenvalue weighted by Gasteiger charge is 2.50. The number of anilines is 2. The Hall–Kier alpha value is -2.42. The SMILES string of the molecule is O=C(NC[C@H]1CN(c2cc(F)c(N3CC4(COC4)C3)c(F)c2)C(=O)O1)C1CCC1. The summed E-state index contributed by atoms with van der Waals surface area (Å²) >= 11 is 0.